The van der Waals surface area contributed by atoms with Crippen molar-refractivity contribution in [3.8, 4) is 18.1 Å². The Morgan fingerprint density at radius 3 is 2.52 bits per heavy atom. The van der Waals surface area contributed by atoms with Gasteiger partial charge >= 0.3 is 5.97 Å². The fourth-order valence-electron chi connectivity index (χ4n) is 1.90. The van der Waals surface area contributed by atoms with Crippen LogP contribution in [0.15, 0.2) is 24.3 Å². The third kappa shape index (κ3) is 4.51. The van der Waals surface area contributed by atoms with Gasteiger partial charge in [-0.25, -0.2) is 4.79 Å². The van der Waals surface area contributed by atoms with Crippen molar-refractivity contribution in [2.24, 2.45) is 0 Å². The van der Waals surface area contributed by atoms with Crippen molar-refractivity contribution in [2.45, 2.75) is 32.7 Å². The molecule has 21 heavy (non-hydrogen) atoms. The third-order valence-corrected chi connectivity index (χ3v) is 3.13. The molecule has 0 radical (unpaired) electrons. The highest BCUT2D eigenvalue weighted by Crippen LogP contribution is 2.25. The molecule has 1 aromatic rings. The van der Waals surface area contributed by atoms with Gasteiger partial charge in [0.1, 0.15) is 11.3 Å². The minimum absolute atomic E-state index is 0.281. The largest absolute Gasteiger partial charge is 0.494 e. The Morgan fingerprint density at radius 2 is 2.00 bits per heavy atom. The molecule has 0 amide bonds. The van der Waals surface area contributed by atoms with E-state index in [9.17, 15) is 4.79 Å². The zero-order valence-electron chi connectivity index (χ0n) is 12.9. The van der Waals surface area contributed by atoms with E-state index < -0.39 is 5.54 Å². The Bertz CT molecular complexity index is 490. The zero-order chi connectivity index (χ0) is 15.7. The molecule has 1 unspecified atom stereocenters. The molecule has 0 bridgehead atoms. The molecule has 114 valence electrons. The normalized spacial score (nSPS) is 13.0. The van der Waals surface area contributed by atoms with E-state index in [-0.39, 0.29) is 12.5 Å². The molecule has 4 heteroatoms. The lowest BCUT2D eigenvalue weighted by atomic mass is 9.92. The van der Waals surface area contributed by atoms with Gasteiger partial charge in [0.2, 0.25) is 0 Å². The van der Waals surface area contributed by atoms with Crippen LogP contribution in [-0.2, 0) is 15.1 Å². The highest BCUT2D eigenvalue weighted by Gasteiger charge is 2.36. The number of ether oxygens (including phenoxy) is 2. The van der Waals surface area contributed by atoms with Gasteiger partial charge in [-0.2, -0.15) is 0 Å². The number of carbonyl (C=O) groups excluding carboxylic acids is 1. The molecule has 0 aliphatic carbocycles. The van der Waals surface area contributed by atoms with Crippen molar-refractivity contribution >= 4 is 5.97 Å². The summed E-state index contributed by atoms with van der Waals surface area (Å²) in [6.07, 6.45) is 6.23. The molecule has 1 atom stereocenters. The standard InChI is InChI=1S/C17H23NO3/c1-5-12-18-17(4,16(19)20-7-3)14-8-10-15(11-9-14)21-13-6-2/h1,8-11,18H,6-7,12-13H2,2-4H3. The number of benzene rings is 1. The maximum absolute atomic E-state index is 12.2. The molecule has 0 spiro atoms. The first kappa shape index (κ1) is 17.1. The Kier molecular flexibility index (Phi) is 6.77. The van der Waals surface area contributed by atoms with Crippen LogP contribution in [0.4, 0.5) is 0 Å². The SMILES string of the molecule is C#CCNC(C)(C(=O)OCC)c1ccc(OCCC)cc1. The van der Waals surface area contributed by atoms with Gasteiger partial charge in [-0.1, -0.05) is 25.0 Å². The quantitative estimate of drug-likeness (QED) is 0.590. The van der Waals surface area contributed by atoms with Crippen molar-refractivity contribution in [2.75, 3.05) is 19.8 Å². The van der Waals surface area contributed by atoms with Crippen LogP contribution in [0.2, 0.25) is 0 Å². The molecule has 0 saturated heterocycles. The molecule has 0 fully saturated rings. The van der Waals surface area contributed by atoms with E-state index in [4.69, 9.17) is 15.9 Å². The van der Waals surface area contributed by atoms with Gasteiger partial charge in [-0.3, -0.25) is 5.32 Å². The second kappa shape index (κ2) is 8.33. The topological polar surface area (TPSA) is 47.6 Å². The Hall–Kier alpha value is -1.99. The van der Waals surface area contributed by atoms with Crippen LogP contribution in [0.25, 0.3) is 0 Å². The predicted molar refractivity (Wildman–Crippen MR) is 83.0 cm³/mol. The number of hydrogen-bond acceptors (Lipinski definition) is 4. The van der Waals surface area contributed by atoms with Gasteiger partial charge in [0, 0.05) is 0 Å². The fourth-order valence-corrected chi connectivity index (χ4v) is 1.90. The lowest BCUT2D eigenvalue weighted by Gasteiger charge is -2.28. The van der Waals surface area contributed by atoms with Gasteiger partial charge in [0.25, 0.3) is 0 Å². The average molecular weight is 289 g/mol. The highest BCUT2D eigenvalue weighted by atomic mass is 16.5. The molecule has 0 aromatic heterocycles. The van der Waals surface area contributed by atoms with Gasteiger partial charge in [-0.15, -0.1) is 6.42 Å². The van der Waals surface area contributed by atoms with Gasteiger partial charge in [0.15, 0.2) is 0 Å². The number of hydrogen-bond donors (Lipinski definition) is 1. The van der Waals surface area contributed by atoms with Crippen LogP contribution in [0.1, 0.15) is 32.8 Å². The van der Waals surface area contributed by atoms with Crippen molar-refractivity contribution in [3.63, 3.8) is 0 Å². The lowest BCUT2D eigenvalue weighted by molar-refractivity contribution is -0.150. The first-order chi connectivity index (χ1) is 10.1. The van der Waals surface area contributed by atoms with Gasteiger partial charge in [-0.05, 0) is 38.0 Å². The van der Waals surface area contributed by atoms with E-state index in [0.717, 1.165) is 17.7 Å². The van der Waals surface area contributed by atoms with Crippen molar-refractivity contribution in [3.05, 3.63) is 29.8 Å². The minimum atomic E-state index is -0.967. The summed E-state index contributed by atoms with van der Waals surface area (Å²) in [5, 5.41) is 3.06. The average Bonchev–Trinajstić information content (AvgIpc) is 2.51. The fraction of sp³-hybridized carbons (Fsp3) is 0.471. The van der Waals surface area contributed by atoms with E-state index in [1.807, 2.05) is 24.3 Å². The van der Waals surface area contributed by atoms with Crippen LogP contribution in [0, 0.1) is 12.3 Å². The number of nitrogens with one attached hydrogen (secondary N) is 1. The monoisotopic (exact) mass is 289 g/mol. The van der Waals surface area contributed by atoms with Gasteiger partial charge in [0.05, 0.1) is 19.8 Å². The van der Waals surface area contributed by atoms with Crippen LogP contribution in [-0.4, -0.2) is 25.7 Å². The molecule has 4 nitrogen and oxygen atoms in total. The summed E-state index contributed by atoms with van der Waals surface area (Å²) in [4.78, 5) is 12.2. The summed E-state index contributed by atoms with van der Waals surface area (Å²) in [5.41, 5.74) is -0.175. The van der Waals surface area contributed by atoms with Crippen molar-refractivity contribution < 1.29 is 14.3 Å². The van der Waals surface area contributed by atoms with E-state index in [0.29, 0.717) is 13.2 Å². The van der Waals surface area contributed by atoms with E-state index in [1.165, 1.54) is 0 Å². The third-order valence-electron chi connectivity index (χ3n) is 3.13. The molecule has 0 saturated carbocycles. The summed E-state index contributed by atoms with van der Waals surface area (Å²) in [7, 11) is 0. The van der Waals surface area contributed by atoms with E-state index >= 15 is 0 Å². The number of rotatable bonds is 8. The number of esters is 1. The minimum Gasteiger partial charge on any atom is -0.494 e. The molecule has 0 aliphatic heterocycles. The molecular formula is C17H23NO3. The second-order valence-corrected chi connectivity index (χ2v) is 4.78. The van der Waals surface area contributed by atoms with Crippen molar-refractivity contribution in [1.29, 1.82) is 0 Å². The Morgan fingerprint density at radius 1 is 1.33 bits per heavy atom. The Balaban J connectivity index is 2.97. The van der Waals surface area contributed by atoms with Crippen LogP contribution in [0.3, 0.4) is 0 Å². The summed E-state index contributed by atoms with van der Waals surface area (Å²) in [6.45, 7) is 6.87. The molecule has 1 aromatic carbocycles. The summed E-state index contributed by atoms with van der Waals surface area (Å²) in [5.74, 6) is 2.92. The second-order valence-electron chi connectivity index (χ2n) is 4.78. The summed E-state index contributed by atoms with van der Waals surface area (Å²) < 4.78 is 10.7. The highest BCUT2D eigenvalue weighted by molar-refractivity contribution is 5.82. The smallest absolute Gasteiger partial charge is 0.330 e. The number of terminal acetylenes is 1. The van der Waals surface area contributed by atoms with Crippen LogP contribution in [0.5, 0.6) is 5.75 Å². The molecule has 1 rings (SSSR count). The molecule has 1 N–H and O–H groups in total. The van der Waals surface area contributed by atoms with Crippen LogP contribution >= 0.6 is 0 Å². The summed E-state index contributed by atoms with van der Waals surface area (Å²) >= 11 is 0. The first-order valence-corrected chi connectivity index (χ1v) is 7.17. The van der Waals surface area contributed by atoms with E-state index in [1.54, 1.807) is 13.8 Å². The first-order valence-electron chi connectivity index (χ1n) is 7.17. The Labute approximate surface area is 126 Å². The lowest BCUT2D eigenvalue weighted by Crippen LogP contribution is -2.47. The molecular weight excluding hydrogens is 266 g/mol. The van der Waals surface area contributed by atoms with Crippen molar-refractivity contribution in [1.82, 2.24) is 5.32 Å². The summed E-state index contributed by atoms with van der Waals surface area (Å²) in [6, 6.07) is 7.40. The predicted octanol–water partition coefficient (Wildman–Crippen LogP) is 2.48. The van der Waals surface area contributed by atoms with Gasteiger partial charge < -0.3 is 9.47 Å². The number of carbonyl (C=O) groups is 1. The van der Waals surface area contributed by atoms with Crippen LogP contribution < -0.4 is 10.1 Å². The maximum Gasteiger partial charge on any atom is 0.330 e. The maximum atomic E-state index is 12.2. The zero-order valence-corrected chi connectivity index (χ0v) is 12.9. The molecule has 0 aliphatic rings. The molecule has 0 heterocycles. The van der Waals surface area contributed by atoms with E-state index in [2.05, 4.69) is 18.2 Å².